The average molecular weight is 309 g/mol. The molecule has 0 unspecified atom stereocenters. The smallest absolute Gasteiger partial charge is 0.271 e. The van der Waals surface area contributed by atoms with Gasteiger partial charge in [-0.1, -0.05) is 13.8 Å². The molecule has 2 rings (SSSR count). The summed E-state index contributed by atoms with van der Waals surface area (Å²) in [7, 11) is 0. The highest BCUT2D eigenvalue weighted by atomic mass is 32.1. The number of hydrogen-bond acceptors (Lipinski definition) is 5. The summed E-state index contributed by atoms with van der Waals surface area (Å²) in [4.78, 5) is 29.2. The number of nitrogens with one attached hydrogen (secondary N) is 1. The molecule has 0 bridgehead atoms. The quantitative estimate of drug-likeness (QED) is 0.873. The molecular weight excluding hydrogens is 290 g/mol. The van der Waals surface area contributed by atoms with E-state index in [2.05, 4.69) is 10.3 Å². The van der Waals surface area contributed by atoms with Gasteiger partial charge in [-0.15, -0.1) is 11.3 Å². The van der Waals surface area contributed by atoms with Crippen molar-refractivity contribution in [1.29, 1.82) is 0 Å². The number of aliphatic hydroxyl groups is 1. The fraction of sp³-hybridized carbons (Fsp3) is 0.500. The third-order valence-electron chi connectivity index (χ3n) is 3.76. The number of rotatable bonds is 5. The summed E-state index contributed by atoms with van der Waals surface area (Å²) in [6.07, 6.45) is 2.35. The molecule has 0 spiro atoms. The number of aryl methyl sites for hydroxylation is 1. The molecule has 0 radical (unpaired) electrons. The summed E-state index contributed by atoms with van der Waals surface area (Å²) >= 11 is 1.35. The molecule has 0 aliphatic rings. The molecule has 21 heavy (non-hydrogen) atoms. The predicted molar refractivity (Wildman–Crippen MR) is 81.9 cm³/mol. The first-order chi connectivity index (χ1) is 9.91. The van der Waals surface area contributed by atoms with Crippen molar-refractivity contribution < 1.29 is 9.90 Å². The van der Waals surface area contributed by atoms with Crippen LogP contribution in [0.5, 0.6) is 0 Å². The van der Waals surface area contributed by atoms with Crippen LogP contribution in [0.25, 0.3) is 4.96 Å². The van der Waals surface area contributed by atoms with Gasteiger partial charge in [0, 0.05) is 23.8 Å². The van der Waals surface area contributed by atoms with Crippen molar-refractivity contribution in [3.8, 4) is 0 Å². The van der Waals surface area contributed by atoms with Crippen LogP contribution in [0.3, 0.4) is 0 Å². The van der Waals surface area contributed by atoms with E-state index in [1.807, 2.05) is 19.2 Å². The molecule has 0 saturated carbocycles. The van der Waals surface area contributed by atoms with Crippen molar-refractivity contribution in [3.63, 3.8) is 0 Å². The van der Waals surface area contributed by atoms with E-state index in [0.717, 1.165) is 5.69 Å². The topological polar surface area (TPSA) is 83.7 Å². The minimum Gasteiger partial charge on any atom is -0.388 e. The maximum absolute atomic E-state index is 12.3. The van der Waals surface area contributed by atoms with E-state index in [9.17, 15) is 14.7 Å². The van der Waals surface area contributed by atoms with Gasteiger partial charge >= 0.3 is 0 Å². The van der Waals surface area contributed by atoms with E-state index in [0.29, 0.717) is 17.8 Å². The number of aromatic nitrogens is 2. The summed E-state index contributed by atoms with van der Waals surface area (Å²) in [6.45, 7) is 5.62. The maximum atomic E-state index is 12.3. The minimum absolute atomic E-state index is 0.0106. The lowest BCUT2D eigenvalue weighted by Crippen LogP contribution is -2.43. The van der Waals surface area contributed by atoms with E-state index in [4.69, 9.17) is 0 Å². The zero-order valence-electron chi connectivity index (χ0n) is 12.3. The SMILES string of the molecule is CCC(O)(CC)CNC(=O)c1cnc2scc(C)n2c1=O. The van der Waals surface area contributed by atoms with Crippen LogP contribution in [0.1, 0.15) is 42.7 Å². The Hall–Kier alpha value is -1.73. The van der Waals surface area contributed by atoms with Crippen molar-refractivity contribution in [1.82, 2.24) is 14.7 Å². The number of fused-ring (bicyclic) bond motifs is 1. The van der Waals surface area contributed by atoms with E-state index < -0.39 is 11.5 Å². The Morgan fingerprint density at radius 2 is 2.14 bits per heavy atom. The monoisotopic (exact) mass is 309 g/mol. The zero-order valence-corrected chi connectivity index (χ0v) is 13.2. The van der Waals surface area contributed by atoms with Crippen molar-refractivity contribution in [2.24, 2.45) is 0 Å². The normalized spacial score (nSPS) is 11.8. The van der Waals surface area contributed by atoms with Gasteiger partial charge < -0.3 is 10.4 Å². The Labute approximate surface area is 126 Å². The lowest BCUT2D eigenvalue weighted by molar-refractivity contribution is 0.0313. The van der Waals surface area contributed by atoms with Crippen LogP contribution in [0.15, 0.2) is 16.4 Å². The fourth-order valence-corrected chi connectivity index (χ4v) is 2.85. The first kappa shape index (κ1) is 15.7. The molecule has 6 nitrogen and oxygen atoms in total. The van der Waals surface area contributed by atoms with Crippen LogP contribution < -0.4 is 10.9 Å². The Kier molecular flexibility index (Phi) is 4.43. The lowest BCUT2D eigenvalue weighted by atomic mass is 9.97. The largest absolute Gasteiger partial charge is 0.388 e. The Bertz CT molecular complexity index is 716. The lowest BCUT2D eigenvalue weighted by Gasteiger charge is -2.25. The van der Waals surface area contributed by atoms with Crippen LogP contribution in [0.4, 0.5) is 0 Å². The van der Waals surface area contributed by atoms with Gasteiger partial charge in [0.05, 0.1) is 5.60 Å². The zero-order chi connectivity index (χ0) is 15.6. The second-order valence-electron chi connectivity index (χ2n) is 5.09. The van der Waals surface area contributed by atoms with Crippen molar-refractivity contribution in [2.45, 2.75) is 39.2 Å². The van der Waals surface area contributed by atoms with Crippen molar-refractivity contribution in [2.75, 3.05) is 6.54 Å². The minimum atomic E-state index is -0.943. The molecular formula is C14H19N3O3S. The van der Waals surface area contributed by atoms with Crippen LogP contribution in [0.2, 0.25) is 0 Å². The number of hydrogen-bond donors (Lipinski definition) is 2. The van der Waals surface area contributed by atoms with E-state index >= 15 is 0 Å². The number of carbonyl (C=O) groups excluding carboxylic acids is 1. The summed E-state index contributed by atoms with van der Waals surface area (Å²) < 4.78 is 1.42. The van der Waals surface area contributed by atoms with Gasteiger partial charge in [-0.3, -0.25) is 14.0 Å². The van der Waals surface area contributed by atoms with Gasteiger partial charge in [-0.05, 0) is 19.8 Å². The van der Waals surface area contributed by atoms with E-state index in [1.54, 1.807) is 6.92 Å². The molecule has 0 saturated heterocycles. The Balaban J connectivity index is 2.26. The molecule has 2 N–H and O–H groups in total. The van der Waals surface area contributed by atoms with E-state index in [-0.39, 0.29) is 17.7 Å². The third kappa shape index (κ3) is 2.98. The van der Waals surface area contributed by atoms with Crippen LogP contribution in [-0.4, -0.2) is 32.5 Å². The fourth-order valence-electron chi connectivity index (χ4n) is 2.02. The molecule has 0 aromatic carbocycles. The molecule has 0 aliphatic carbocycles. The summed E-state index contributed by atoms with van der Waals surface area (Å²) in [5.74, 6) is -0.507. The third-order valence-corrected chi connectivity index (χ3v) is 4.71. The summed E-state index contributed by atoms with van der Waals surface area (Å²) in [5.41, 5.74) is -0.584. The Morgan fingerprint density at radius 3 is 2.76 bits per heavy atom. The standard InChI is InChI=1S/C14H19N3O3S/c1-4-14(20,5-2)8-16-11(18)10-6-15-13-17(12(10)19)9(3)7-21-13/h6-7,20H,4-5,8H2,1-3H3,(H,16,18). The molecule has 2 heterocycles. The number of amides is 1. The first-order valence-electron chi connectivity index (χ1n) is 6.88. The molecule has 1 amide bonds. The second kappa shape index (κ2) is 5.95. The molecule has 0 atom stereocenters. The molecule has 7 heteroatoms. The number of nitrogens with zero attached hydrogens (tertiary/aromatic N) is 2. The predicted octanol–water partition coefficient (Wildman–Crippen LogP) is 1.35. The van der Waals surface area contributed by atoms with Gasteiger partial charge in [0.25, 0.3) is 11.5 Å². The molecule has 2 aromatic rings. The highest BCUT2D eigenvalue weighted by Gasteiger charge is 2.24. The van der Waals surface area contributed by atoms with Crippen LogP contribution >= 0.6 is 11.3 Å². The van der Waals surface area contributed by atoms with Crippen molar-refractivity contribution in [3.05, 3.63) is 33.2 Å². The number of carbonyl (C=O) groups is 1. The molecule has 0 aliphatic heterocycles. The van der Waals surface area contributed by atoms with Gasteiger partial charge in [-0.2, -0.15) is 0 Å². The average Bonchev–Trinajstić information content (AvgIpc) is 2.87. The van der Waals surface area contributed by atoms with Gasteiger partial charge in [0.2, 0.25) is 0 Å². The summed E-state index contributed by atoms with van der Waals surface area (Å²) in [6, 6.07) is 0. The van der Waals surface area contributed by atoms with Gasteiger partial charge in [0.1, 0.15) is 5.56 Å². The molecule has 114 valence electrons. The maximum Gasteiger partial charge on any atom is 0.271 e. The molecule has 0 fully saturated rings. The Morgan fingerprint density at radius 1 is 1.48 bits per heavy atom. The molecule has 2 aromatic heterocycles. The van der Waals surface area contributed by atoms with Crippen LogP contribution in [-0.2, 0) is 0 Å². The second-order valence-corrected chi connectivity index (χ2v) is 5.92. The number of thiazole rings is 1. The highest BCUT2D eigenvalue weighted by molar-refractivity contribution is 7.15. The van der Waals surface area contributed by atoms with Gasteiger partial charge in [0.15, 0.2) is 4.96 Å². The van der Waals surface area contributed by atoms with E-state index in [1.165, 1.54) is 21.9 Å². The van der Waals surface area contributed by atoms with Crippen LogP contribution in [0, 0.1) is 6.92 Å². The first-order valence-corrected chi connectivity index (χ1v) is 7.76. The highest BCUT2D eigenvalue weighted by Crippen LogP contribution is 2.13. The van der Waals surface area contributed by atoms with Crippen molar-refractivity contribution >= 4 is 22.2 Å². The summed E-state index contributed by atoms with van der Waals surface area (Å²) in [5, 5.41) is 14.6. The van der Waals surface area contributed by atoms with Gasteiger partial charge in [-0.25, -0.2) is 4.98 Å².